The molecule has 1 aliphatic carbocycles. The smallest absolute Gasteiger partial charge is 0.235 e. The van der Waals surface area contributed by atoms with E-state index in [-0.39, 0.29) is 5.78 Å². The lowest BCUT2D eigenvalue weighted by molar-refractivity contribution is 0.101. The topological polar surface area (TPSA) is 35.5 Å². The zero-order chi connectivity index (χ0) is 14.7. The van der Waals surface area contributed by atoms with Crippen LogP contribution in [0.25, 0.3) is 0 Å². The predicted molar refractivity (Wildman–Crippen MR) is 85.3 cm³/mol. The highest BCUT2D eigenvalue weighted by molar-refractivity contribution is 9.09. The minimum absolute atomic E-state index is 0.0401. The van der Waals surface area contributed by atoms with Gasteiger partial charge in [-0.3, -0.25) is 4.79 Å². The quantitative estimate of drug-likeness (QED) is 0.412. The lowest BCUT2D eigenvalue weighted by Gasteiger charge is -2.07. The Kier molecular flexibility index (Phi) is 4.63. The molecular weight excluding hydrogens is 332 g/mol. The average Bonchev–Trinajstić information content (AvgIpc) is 3.26. The largest absolute Gasteiger partial charge is 0.493 e. The Balaban J connectivity index is 1.71. The number of alkyl halides is 1. The molecule has 0 atom stereocenters. The van der Waals surface area contributed by atoms with Gasteiger partial charge in [0.05, 0.1) is 6.61 Å². The molecule has 0 spiro atoms. The highest BCUT2D eigenvalue weighted by Gasteiger charge is 2.31. The molecule has 3 rings (SSSR count). The van der Waals surface area contributed by atoms with E-state index in [4.69, 9.17) is 9.47 Å². The van der Waals surface area contributed by atoms with Gasteiger partial charge in [0.2, 0.25) is 5.78 Å². The lowest BCUT2D eigenvalue weighted by Crippen LogP contribution is -2.03. The van der Waals surface area contributed by atoms with Gasteiger partial charge in [0, 0.05) is 5.33 Å². The molecule has 1 aliphatic heterocycles. The number of hydrogen-bond acceptors (Lipinski definition) is 3. The number of allylic oxidation sites excluding steroid dienone is 2. The van der Waals surface area contributed by atoms with E-state index in [1.54, 1.807) is 0 Å². The molecule has 1 heterocycles. The first-order valence-electron chi connectivity index (χ1n) is 7.54. The van der Waals surface area contributed by atoms with Gasteiger partial charge in [0.25, 0.3) is 0 Å². The molecule has 0 bridgehead atoms. The monoisotopic (exact) mass is 350 g/mol. The number of ether oxygens (including phenoxy) is 2. The van der Waals surface area contributed by atoms with Crippen molar-refractivity contribution in [1.29, 1.82) is 0 Å². The van der Waals surface area contributed by atoms with Crippen molar-refractivity contribution in [2.75, 3.05) is 11.9 Å². The van der Waals surface area contributed by atoms with Gasteiger partial charge >= 0.3 is 0 Å². The van der Waals surface area contributed by atoms with Gasteiger partial charge in [-0.2, -0.15) is 0 Å². The van der Waals surface area contributed by atoms with Crippen molar-refractivity contribution < 1.29 is 14.3 Å². The van der Waals surface area contributed by atoms with Crippen LogP contribution in [0.2, 0.25) is 0 Å². The molecule has 2 aliphatic rings. The summed E-state index contributed by atoms with van der Waals surface area (Å²) >= 11 is 3.40. The summed E-state index contributed by atoms with van der Waals surface area (Å²) in [6, 6.07) is 5.55. The van der Waals surface area contributed by atoms with Crippen molar-refractivity contribution in [2.45, 2.75) is 32.1 Å². The Morgan fingerprint density at radius 3 is 2.95 bits per heavy atom. The maximum Gasteiger partial charge on any atom is 0.235 e. The van der Waals surface area contributed by atoms with E-state index >= 15 is 0 Å². The Morgan fingerprint density at radius 2 is 2.19 bits per heavy atom. The predicted octanol–water partition coefficient (Wildman–Crippen LogP) is 4.50. The fourth-order valence-corrected chi connectivity index (χ4v) is 2.76. The second-order valence-electron chi connectivity index (χ2n) is 5.55. The molecule has 1 saturated carbocycles. The molecule has 112 valence electrons. The standard InChI is InChI=1S/C17H19BrO3/c18-10-1-2-11-20-13-4-3-5-14-16(13)17(19)15(21-14)9-8-12-6-7-12/h3-5,9,12H,1-2,6-8,10-11H2. The first kappa shape index (κ1) is 14.6. The fraction of sp³-hybridized carbons (Fsp3) is 0.471. The normalized spacial score (nSPS) is 18.7. The lowest BCUT2D eigenvalue weighted by atomic mass is 10.1. The maximum atomic E-state index is 12.5. The van der Waals surface area contributed by atoms with E-state index in [2.05, 4.69) is 15.9 Å². The van der Waals surface area contributed by atoms with Gasteiger partial charge in [-0.25, -0.2) is 0 Å². The van der Waals surface area contributed by atoms with Crippen molar-refractivity contribution in [3.8, 4) is 11.5 Å². The molecule has 1 aromatic rings. The van der Waals surface area contributed by atoms with Crippen LogP contribution >= 0.6 is 15.9 Å². The average molecular weight is 351 g/mol. The number of hydrogen-bond donors (Lipinski definition) is 0. The van der Waals surface area contributed by atoms with Gasteiger partial charge in [0.15, 0.2) is 5.76 Å². The number of ketones is 1. The van der Waals surface area contributed by atoms with Crippen LogP contribution in [0.1, 0.15) is 42.5 Å². The Labute approximate surface area is 133 Å². The van der Waals surface area contributed by atoms with Crippen molar-refractivity contribution in [3.63, 3.8) is 0 Å². The van der Waals surface area contributed by atoms with E-state index in [0.29, 0.717) is 29.4 Å². The number of fused-ring (bicyclic) bond motifs is 1. The molecule has 1 fully saturated rings. The second kappa shape index (κ2) is 6.65. The Bertz CT molecular complexity index is 561. The summed E-state index contributed by atoms with van der Waals surface area (Å²) in [5.41, 5.74) is 0.582. The highest BCUT2D eigenvalue weighted by atomic mass is 79.9. The highest BCUT2D eigenvalue weighted by Crippen LogP contribution is 2.39. The van der Waals surface area contributed by atoms with Gasteiger partial charge < -0.3 is 9.47 Å². The molecular formula is C17H19BrO3. The summed E-state index contributed by atoms with van der Waals surface area (Å²) in [4.78, 5) is 12.5. The Hall–Kier alpha value is -1.29. The minimum Gasteiger partial charge on any atom is -0.493 e. The summed E-state index contributed by atoms with van der Waals surface area (Å²) in [6.45, 7) is 0.621. The number of halogens is 1. The first-order valence-corrected chi connectivity index (χ1v) is 8.66. The van der Waals surface area contributed by atoms with Crippen LogP contribution < -0.4 is 9.47 Å². The van der Waals surface area contributed by atoms with E-state index in [1.165, 1.54) is 12.8 Å². The molecule has 3 nitrogen and oxygen atoms in total. The molecule has 0 saturated heterocycles. The van der Waals surface area contributed by atoms with Gasteiger partial charge in [-0.05, 0) is 56.2 Å². The molecule has 1 aromatic carbocycles. The van der Waals surface area contributed by atoms with Gasteiger partial charge in [-0.15, -0.1) is 0 Å². The van der Waals surface area contributed by atoms with Crippen LogP contribution in [-0.2, 0) is 0 Å². The number of Topliss-reactive ketones (excluding diaryl/α,β-unsaturated/α-hetero) is 1. The third kappa shape index (κ3) is 3.49. The van der Waals surface area contributed by atoms with Crippen LogP contribution in [0.15, 0.2) is 30.0 Å². The Morgan fingerprint density at radius 1 is 1.33 bits per heavy atom. The van der Waals surface area contributed by atoms with Crippen LogP contribution in [-0.4, -0.2) is 17.7 Å². The van der Waals surface area contributed by atoms with E-state index in [9.17, 15) is 4.79 Å². The van der Waals surface area contributed by atoms with Crippen LogP contribution in [0.5, 0.6) is 11.5 Å². The minimum atomic E-state index is -0.0401. The van der Waals surface area contributed by atoms with Crippen molar-refractivity contribution in [1.82, 2.24) is 0 Å². The van der Waals surface area contributed by atoms with Gasteiger partial charge in [-0.1, -0.05) is 22.0 Å². The molecule has 0 radical (unpaired) electrons. The summed E-state index contributed by atoms with van der Waals surface area (Å²) in [6.07, 6.45) is 7.45. The summed E-state index contributed by atoms with van der Waals surface area (Å²) in [5, 5.41) is 0.972. The van der Waals surface area contributed by atoms with E-state index < -0.39 is 0 Å². The number of carbonyl (C=O) groups excluding carboxylic acids is 1. The summed E-state index contributed by atoms with van der Waals surface area (Å²) in [7, 11) is 0. The second-order valence-corrected chi connectivity index (χ2v) is 6.35. The molecule has 0 amide bonds. The molecule has 21 heavy (non-hydrogen) atoms. The van der Waals surface area contributed by atoms with Crippen LogP contribution in [0.4, 0.5) is 0 Å². The third-order valence-corrected chi connectivity index (χ3v) is 4.34. The van der Waals surface area contributed by atoms with Crippen molar-refractivity contribution in [3.05, 3.63) is 35.6 Å². The zero-order valence-corrected chi connectivity index (χ0v) is 13.5. The third-order valence-electron chi connectivity index (χ3n) is 3.78. The number of unbranched alkanes of at least 4 members (excludes halogenated alkanes) is 1. The van der Waals surface area contributed by atoms with Gasteiger partial charge in [0.1, 0.15) is 17.1 Å². The fourth-order valence-electron chi connectivity index (χ4n) is 2.37. The van der Waals surface area contributed by atoms with Crippen LogP contribution in [0.3, 0.4) is 0 Å². The summed E-state index contributed by atoms with van der Waals surface area (Å²) < 4.78 is 11.4. The van der Waals surface area contributed by atoms with E-state index in [0.717, 1.165) is 30.5 Å². The molecule has 0 N–H and O–H groups in total. The number of carbonyl (C=O) groups is 1. The van der Waals surface area contributed by atoms with E-state index in [1.807, 2.05) is 24.3 Å². The van der Waals surface area contributed by atoms with Crippen molar-refractivity contribution >= 4 is 21.7 Å². The summed E-state index contributed by atoms with van der Waals surface area (Å²) in [5.74, 6) is 2.44. The first-order chi connectivity index (χ1) is 10.3. The molecule has 0 unspecified atom stereocenters. The number of benzene rings is 1. The molecule has 4 heteroatoms. The maximum absolute atomic E-state index is 12.5. The zero-order valence-electron chi connectivity index (χ0n) is 11.9. The SMILES string of the molecule is O=C1C(=CCC2CC2)Oc2cccc(OCCCCBr)c21. The molecule has 0 aromatic heterocycles. The number of rotatable bonds is 7. The van der Waals surface area contributed by atoms with Crippen molar-refractivity contribution in [2.24, 2.45) is 5.92 Å². The van der Waals surface area contributed by atoms with Crippen LogP contribution in [0, 0.1) is 5.92 Å².